The molecule has 3 aromatic heterocycles. The van der Waals surface area contributed by atoms with Gasteiger partial charge >= 0.3 is 0 Å². The predicted octanol–water partition coefficient (Wildman–Crippen LogP) is 4.06. The minimum atomic E-state index is -0.498. The van der Waals surface area contributed by atoms with Crippen LogP contribution in [-0.2, 0) is 0 Å². The molecule has 0 atom stereocenters. The van der Waals surface area contributed by atoms with Crippen LogP contribution in [0.4, 0.5) is 5.95 Å². The van der Waals surface area contributed by atoms with Crippen molar-refractivity contribution in [3.63, 3.8) is 0 Å². The first-order chi connectivity index (χ1) is 14.1. The number of benzene rings is 1. The fraction of sp³-hybridized carbons (Fsp3) is 0.364. The molecule has 4 aromatic rings. The third-order valence-electron chi connectivity index (χ3n) is 6.12. The summed E-state index contributed by atoms with van der Waals surface area (Å²) in [4.78, 5) is 21.2. The van der Waals surface area contributed by atoms with E-state index >= 15 is 0 Å². The SMILES string of the molecule is CC[C@]1(O)CC[C@@H](Nc2ncc3c(-c4ccc5nccnc5c4)c[nH]c3n2)CC1. The van der Waals surface area contributed by atoms with E-state index in [0.29, 0.717) is 12.0 Å². The number of aromatic amines is 1. The number of nitrogens with one attached hydrogen (secondary N) is 2. The van der Waals surface area contributed by atoms with Crippen LogP contribution >= 0.6 is 0 Å². The quantitative estimate of drug-likeness (QED) is 0.487. The molecule has 5 rings (SSSR count). The van der Waals surface area contributed by atoms with Gasteiger partial charge in [0.2, 0.25) is 5.95 Å². The van der Waals surface area contributed by atoms with Gasteiger partial charge in [0, 0.05) is 41.8 Å². The van der Waals surface area contributed by atoms with Gasteiger partial charge < -0.3 is 15.4 Å². The molecule has 0 bridgehead atoms. The Kier molecular flexibility index (Phi) is 4.39. The summed E-state index contributed by atoms with van der Waals surface area (Å²) in [5.74, 6) is 0.627. The number of hydrogen-bond donors (Lipinski definition) is 3. The van der Waals surface area contributed by atoms with Crippen LogP contribution in [0.15, 0.2) is 43.0 Å². The average Bonchev–Trinajstić information content (AvgIpc) is 3.18. The van der Waals surface area contributed by atoms with Gasteiger partial charge in [0.05, 0.1) is 16.6 Å². The lowest BCUT2D eigenvalue weighted by atomic mass is 9.80. The molecule has 1 aromatic carbocycles. The molecule has 1 fully saturated rings. The second-order valence-electron chi connectivity index (χ2n) is 7.91. The smallest absolute Gasteiger partial charge is 0.224 e. The highest BCUT2D eigenvalue weighted by Gasteiger charge is 2.31. The van der Waals surface area contributed by atoms with E-state index in [1.54, 1.807) is 12.4 Å². The van der Waals surface area contributed by atoms with Gasteiger partial charge in [0.15, 0.2) is 0 Å². The monoisotopic (exact) mass is 388 g/mol. The van der Waals surface area contributed by atoms with Crippen molar-refractivity contribution in [2.45, 2.75) is 50.7 Å². The van der Waals surface area contributed by atoms with Crippen molar-refractivity contribution in [3.05, 3.63) is 43.0 Å². The molecule has 1 aliphatic carbocycles. The fourth-order valence-corrected chi connectivity index (χ4v) is 4.18. The Morgan fingerprint density at radius 2 is 1.93 bits per heavy atom. The van der Waals surface area contributed by atoms with Crippen LogP contribution in [0.25, 0.3) is 33.2 Å². The Balaban J connectivity index is 1.38. The van der Waals surface area contributed by atoms with Gasteiger partial charge in [-0.05, 0) is 49.8 Å². The Labute approximate surface area is 168 Å². The van der Waals surface area contributed by atoms with Gasteiger partial charge in [0.1, 0.15) is 5.65 Å². The van der Waals surface area contributed by atoms with Gasteiger partial charge in [-0.25, -0.2) is 4.98 Å². The third kappa shape index (κ3) is 3.42. The molecule has 7 nitrogen and oxygen atoms in total. The summed E-state index contributed by atoms with van der Waals surface area (Å²) >= 11 is 0. The Morgan fingerprint density at radius 3 is 2.72 bits per heavy atom. The van der Waals surface area contributed by atoms with Crippen molar-refractivity contribution >= 4 is 28.0 Å². The lowest BCUT2D eigenvalue weighted by Crippen LogP contribution is -2.38. The molecule has 0 saturated heterocycles. The van der Waals surface area contributed by atoms with E-state index in [0.717, 1.165) is 65.3 Å². The summed E-state index contributed by atoms with van der Waals surface area (Å²) in [6.45, 7) is 2.05. The van der Waals surface area contributed by atoms with E-state index in [2.05, 4.69) is 37.2 Å². The number of aromatic nitrogens is 5. The summed E-state index contributed by atoms with van der Waals surface area (Å²) in [6, 6.07) is 6.36. The van der Waals surface area contributed by atoms with E-state index in [4.69, 9.17) is 0 Å². The zero-order valence-corrected chi connectivity index (χ0v) is 16.4. The fourth-order valence-electron chi connectivity index (χ4n) is 4.18. The minimum Gasteiger partial charge on any atom is -0.390 e. The van der Waals surface area contributed by atoms with Crippen molar-refractivity contribution in [2.75, 3.05) is 5.32 Å². The minimum absolute atomic E-state index is 0.299. The zero-order chi connectivity index (χ0) is 19.8. The number of hydrogen-bond acceptors (Lipinski definition) is 6. The van der Waals surface area contributed by atoms with Crippen LogP contribution < -0.4 is 5.32 Å². The first-order valence-electron chi connectivity index (χ1n) is 10.2. The third-order valence-corrected chi connectivity index (χ3v) is 6.12. The number of H-pyrrole nitrogens is 1. The van der Waals surface area contributed by atoms with Crippen molar-refractivity contribution in [2.24, 2.45) is 0 Å². The van der Waals surface area contributed by atoms with Crippen molar-refractivity contribution in [1.82, 2.24) is 24.9 Å². The second kappa shape index (κ2) is 7.08. The summed E-state index contributed by atoms with van der Waals surface area (Å²) < 4.78 is 0. The summed E-state index contributed by atoms with van der Waals surface area (Å²) in [5.41, 5.74) is 4.15. The van der Waals surface area contributed by atoms with Crippen LogP contribution in [-0.4, -0.2) is 41.7 Å². The Hall–Kier alpha value is -3.06. The molecule has 0 unspecified atom stereocenters. The lowest BCUT2D eigenvalue weighted by molar-refractivity contribution is -0.00197. The molecule has 0 spiro atoms. The van der Waals surface area contributed by atoms with Crippen molar-refractivity contribution in [1.29, 1.82) is 0 Å². The van der Waals surface area contributed by atoms with Crippen molar-refractivity contribution < 1.29 is 5.11 Å². The maximum atomic E-state index is 10.4. The number of nitrogens with zero attached hydrogens (tertiary/aromatic N) is 4. The van der Waals surface area contributed by atoms with Crippen LogP contribution in [0.5, 0.6) is 0 Å². The average molecular weight is 388 g/mol. The number of anilines is 1. The topological polar surface area (TPSA) is 99.6 Å². The highest BCUT2D eigenvalue weighted by atomic mass is 16.3. The number of rotatable bonds is 4. The molecule has 3 N–H and O–H groups in total. The molecule has 1 saturated carbocycles. The predicted molar refractivity (Wildman–Crippen MR) is 114 cm³/mol. The van der Waals surface area contributed by atoms with Gasteiger partial charge in [-0.3, -0.25) is 9.97 Å². The van der Waals surface area contributed by atoms with Crippen LogP contribution in [0.1, 0.15) is 39.0 Å². The van der Waals surface area contributed by atoms with E-state index < -0.39 is 5.60 Å². The van der Waals surface area contributed by atoms with E-state index in [1.807, 2.05) is 30.6 Å². The maximum absolute atomic E-state index is 10.4. The largest absolute Gasteiger partial charge is 0.390 e. The molecular weight excluding hydrogens is 364 g/mol. The molecule has 148 valence electrons. The van der Waals surface area contributed by atoms with Gasteiger partial charge in [-0.1, -0.05) is 13.0 Å². The van der Waals surface area contributed by atoms with Gasteiger partial charge in [0.25, 0.3) is 0 Å². The molecule has 29 heavy (non-hydrogen) atoms. The normalized spacial score (nSPS) is 22.2. The molecule has 0 aliphatic heterocycles. The first kappa shape index (κ1) is 18.0. The molecule has 0 amide bonds. The van der Waals surface area contributed by atoms with E-state index in [9.17, 15) is 5.11 Å². The van der Waals surface area contributed by atoms with E-state index in [-0.39, 0.29) is 0 Å². The highest BCUT2D eigenvalue weighted by molar-refractivity contribution is 5.95. The standard InChI is InChI=1S/C22H24N6O/c1-2-22(29)7-5-15(6-8-22)27-21-26-13-17-16(12-25-20(17)28-21)14-3-4-18-19(11-14)24-10-9-23-18/h3-4,9-13,15,29H,2,5-8H2,1H3,(H2,25,26,27,28)/t15-,22+. The van der Waals surface area contributed by atoms with E-state index in [1.165, 1.54) is 0 Å². The van der Waals surface area contributed by atoms with Gasteiger partial charge in [-0.15, -0.1) is 0 Å². The number of fused-ring (bicyclic) bond motifs is 2. The molecular formula is C22H24N6O. The Morgan fingerprint density at radius 1 is 1.14 bits per heavy atom. The molecule has 0 radical (unpaired) electrons. The highest BCUT2D eigenvalue weighted by Crippen LogP contribution is 2.33. The molecule has 3 heterocycles. The Bertz CT molecular complexity index is 1160. The summed E-state index contributed by atoms with van der Waals surface area (Å²) in [6.07, 6.45) is 11.5. The van der Waals surface area contributed by atoms with Gasteiger partial charge in [-0.2, -0.15) is 4.98 Å². The maximum Gasteiger partial charge on any atom is 0.224 e. The first-order valence-corrected chi connectivity index (χ1v) is 10.2. The van der Waals surface area contributed by atoms with Crippen molar-refractivity contribution in [3.8, 4) is 11.1 Å². The molecule has 1 aliphatic rings. The summed E-state index contributed by atoms with van der Waals surface area (Å²) in [5, 5.41) is 14.8. The van der Waals surface area contributed by atoms with Crippen LogP contribution in [0.3, 0.4) is 0 Å². The molecule has 7 heteroatoms. The number of aliphatic hydroxyl groups is 1. The van der Waals surface area contributed by atoms with Crippen LogP contribution in [0.2, 0.25) is 0 Å². The summed E-state index contributed by atoms with van der Waals surface area (Å²) in [7, 11) is 0. The lowest BCUT2D eigenvalue weighted by Gasteiger charge is -2.35. The van der Waals surface area contributed by atoms with Crippen LogP contribution in [0, 0.1) is 0 Å². The second-order valence-corrected chi connectivity index (χ2v) is 7.91. The zero-order valence-electron chi connectivity index (χ0n) is 16.4.